The Labute approximate surface area is 189 Å². The number of rotatable bonds is 7. The highest BCUT2D eigenvalue weighted by molar-refractivity contribution is 6.36. The monoisotopic (exact) mass is 492 g/mol. The molecule has 0 heterocycles. The first-order valence-corrected chi connectivity index (χ1v) is 9.40. The van der Waals surface area contributed by atoms with Crippen molar-refractivity contribution in [2.75, 3.05) is 0 Å². The van der Waals surface area contributed by atoms with Gasteiger partial charge in [-0.25, -0.2) is 9.59 Å². The number of carboxylic acid groups (broad SMARTS) is 2. The molecule has 0 aromatic heterocycles. The lowest BCUT2D eigenvalue weighted by Gasteiger charge is -2.13. The van der Waals surface area contributed by atoms with E-state index >= 15 is 0 Å². The van der Waals surface area contributed by atoms with Gasteiger partial charge in [-0.1, -0.05) is 46.4 Å². The number of aliphatic carboxylic acids is 2. The molecule has 2 aromatic carbocycles. The molecule has 0 fully saturated rings. The van der Waals surface area contributed by atoms with Crippen LogP contribution in [0.3, 0.4) is 0 Å². The number of halogens is 4. The normalized spacial score (nSPS) is 13.6. The van der Waals surface area contributed by atoms with Crippen LogP contribution in [0.15, 0.2) is 34.3 Å². The molecule has 0 aliphatic heterocycles. The molecule has 0 aliphatic carbocycles. The fourth-order valence-electron chi connectivity index (χ4n) is 2.25. The standard InChI is InChI=1S/C18H12Cl4N2O6/c19-9-1-7(15(25)11(21)3-9)5-23-13(17(27)28)14(18(29)30)24-6-8-2-10(20)4-12(22)16(8)26/h1-6,13-14,25-26H,(H,27,28)(H,29,30)/t13-,14-/m0/s1. The zero-order valence-corrected chi connectivity index (χ0v) is 17.7. The fraction of sp³-hybridized carbons (Fsp3) is 0.111. The van der Waals surface area contributed by atoms with E-state index in [1.54, 1.807) is 0 Å². The maximum absolute atomic E-state index is 11.6. The minimum Gasteiger partial charge on any atom is -0.506 e. The van der Waals surface area contributed by atoms with Crippen LogP contribution in [-0.2, 0) is 9.59 Å². The van der Waals surface area contributed by atoms with E-state index in [1.807, 2.05) is 0 Å². The molecule has 0 unspecified atom stereocenters. The van der Waals surface area contributed by atoms with E-state index in [1.165, 1.54) is 24.3 Å². The highest BCUT2D eigenvalue weighted by atomic mass is 35.5. The lowest BCUT2D eigenvalue weighted by atomic mass is 10.1. The summed E-state index contributed by atoms with van der Waals surface area (Å²) < 4.78 is 0. The molecule has 30 heavy (non-hydrogen) atoms. The van der Waals surface area contributed by atoms with Crippen molar-refractivity contribution in [1.82, 2.24) is 0 Å². The Bertz CT molecular complexity index is 974. The van der Waals surface area contributed by atoms with Crippen LogP contribution in [-0.4, -0.2) is 56.9 Å². The van der Waals surface area contributed by atoms with E-state index in [9.17, 15) is 30.0 Å². The van der Waals surface area contributed by atoms with Gasteiger partial charge in [0.1, 0.15) is 11.5 Å². The first kappa shape index (κ1) is 23.8. The molecule has 0 radical (unpaired) electrons. The molecule has 4 N–H and O–H groups in total. The third kappa shape index (κ3) is 5.76. The first-order valence-electron chi connectivity index (χ1n) is 7.89. The number of hydrogen-bond acceptors (Lipinski definition) is 6. The fourth-order valence-corrected chi connectivity index (χ4v) is 3.27. The van der Waals surface area contributed by atoms with Crippen molar-refractivity contribution < 1.29 is 30.0 Å². The smallest absolute Gasteiger partial charge is 0.331 e. The maximum atomic E-state index is 11.6. The van der Waals surface area contributed by atoms with Gasteiger partial charge in [0.2, 0.25) is 0 Å². The van der Waals surface area contributed by atoms with Crippen LogP contribution in [0, 0.1) is 0 Å². The van der Waals surface area contributed by atoms with E-state index in [0.29, 0.717) is 0 Å². The summed E-state index contributed by atoms with van der Waals surface area (Å²) in [5.74, 6) is -4.03. The number of hydrogen-bond donors (Lipinski definition) is 4. The number of aromatic hydroxyl groups is 2. The van der Waals surface area contributed by atoms with Crippen molar-refractivity contribution in [1.29, 1.82) is 0 Å². The van der Waals surface area contributed by atoms with Gasteiger partial charge in [-0.2, -0.15) is 0 Å². The lowest BCUT2D eigenvalue weighted by molar-refractivity contribution is -0.146. The van der Waals surface area contributed by atoms with Gasteiger partial charge >= 0.3 is 11.9 Å². The van der Waals surface area contributed by atoms with Gasteiger partial charge in [-0.05, 0) is 24.3 Å². The first-order chi connectivity index (χ1) is 14.0. The third-order valence-corrected chi connectivity index (χ3v) is 4.68. The Morgan fingerprint density at radius 3 is 1.37 bits per heavy atom. The molecule has 0 spiro atoms. The Morgan fingerprint density at radius 2 is 1.07 bits per heavy atom. The highest BCUT2D eigenvalue weighted by Gasteiger charge is 2.33. The Hall–Kier alpha value is -2.52. The van der Waals surface area contributed by atoms with Crippen molar-refractivity contribution in [3.63, 3.8) is 0 Å². The van der Waals surface area contributed by atoms with Gasteiger partial charge in [0.05, 0.1) is 10.0 Å². The second kappa shape index (κ2) is 9.99. The zero-order chi connectivity index (χ0) is 22.6. The zero-order valence-electron chi connectivity index (χ0n) is 14.6. The summed E-state index contributed by atoms with van der Waals surface area (Å²) in [5.41, 5.74) is -0.0442. The van der Waals surface area contributed by atoms with E-state index in [2.05, 4.69) is 9.98 Å². The van der Waals surface area contributed by atoms with Gasteiger partial charge in [0.15, 0.2) is 12.1 Å². The molecular formula is C18H12Cl4N2O6. The van der Waals surface area contributed by atoms with Crippen LogP contribution in [0.1, 0.15) is 11.1 Å². The van der Waals surface area contributed by atoms with Gasteiger partial charge in [-0.3, -0.25) is 9.98 Å². The number of phenols is 2. The molecule has 2 atom stereocenters. The molecular weight excluding hydrogens is 482 g/mol. The number of aliphatic imine (C=N–C) groups is 2. The number of nitrogens with zero attached hydrogens (tertiary/aromatic N) is 2. The summed E-state index contributed by atoms with van der Waals surface area (Å²) >= 11 is 23.3. The Balaban J connectivity index is 2.43. The average molecular weight is 494 g/mol. The van der Waals surface area contributed by atoms with Crippen molar-refractivity contribution in [2.45, 2.75) is 12.1 Å². The molecule has 2 aromatic rings. The summed E-state index contributed by atoms with van der Waals surface area (Å²) in [6.45, 7) is 0. The maximum Gasteiger partial charge on any atom is 0.331 e. The van der Waals surface area contributed by atoms with Crippen LogP contribution >= 0.6 is 46.4 Å². The van der Waals surface area contributed by atoms with Crippen molar-refractivity contribution >= 4 is 70.8 Å². The molecule has 158 valence electrons. The second-order valence-corrected chi connectivity index (χ2v) is 7.46. The lowest BCUT2D eigenvalue weighted by Crippen LogP contribution is -2.37. The number of carboxylic acids is 2. The van der Waals surface area contributed by atoms with E-state index in [-0.39, 0.29) is 31.2 Å². The largest absolute Gasteiger partial charge is 0.506 e. The van der Waals surface area contributed by atoms with Crippen LogP contribution in [0.5, 0.6) is 11.5 Å². The number of benzene rings is 2. The van der Waals surface area contributed by atoms with Gasteiger partial charge in [0, 0.05) is 33.6 Å². The molecule has 2 rings (SSSR count). The molecule has 0 saturated carbocycles. The van der Waals surface area contributed by atoms with E-state index < -0.39 is 35.5 Å². The summed E-state index contributed by atoms with van der Waals surface area (Å²) in [6.07, 6.45) is 1.84. The predicted octanol–water partition coefficient (Wildman–Crippen LogP) is 4.16. The summed E-state index contributed by atoms with van der Waals surface area (Å²) in [5, 5.41) is 38.8. The van der Waals surface area contributed by atoms with Crippen LogP contribution in [0.4, 0.5) is 0 Å². The number of phenolic OH excluding ortho intramolecular Hbond substituents is 2. The molecule has 12 heteroatoms. The SMILES string of the molecule is O=C(O)[C@@H](N=Cc1cc(Cl)cc(Cl)c1O)[C@H](N=Cc1cc(Cl)cc(Cl)c1O)C(=O)O. The van der Waals surface area contributed by atoms with Gasteiger partial charge < -0.3 is 20.4 Å². The minimum atomic E-state index is -1.88. The highest BCUT2D eigenvalue weighted by Crippen LogP contribution is 2.31. The molecule has 0 aliphatic rings. The topological polar surface area (TPSA) is 140 Å². The summed E-state index contributed by atoms with van der Waals surface area (Å²) in [4.78, 5) is 30.7. The van der Waals surface area contributed by atoms with Crippen LogP contribution in [0.2, 0.25) is 20.1 Å². The Morgan fingerprint density at radius 1 is 0.733 bits per heavy atom. The van der Waals surface area contributed by atoms with Crippen molar-refractivity contribution in [2.24, 2.45) is 9.98 Å². The van der Waals surface area contributed by atoms with Crippen LogP contribution < -0.4 is 0 Å². The number of carbonyl (C=O) groups is 2. The average Bonchev–Trinajstić information content (AvgIpc) is 2.64. The van der Waals surface area contributed by atoms with Gasteiger partial charge in [-0.15, -0.1) is 0 Å². The van der Waals surface area contributed by atoms with Crippen molar-refractivity contribution in [3.05, 3.63) is 55.5 Å². The molecule has 0 amide bonds. The minimum absolute atomic E-state index is 0.0221. The Kier molecular flexibility index (Phi) is 7.91. The summed E-state index contributed by atoms with van der Waals surface area (Å²) in [6, 6.07) is 1.28. The molecule has 0 saturated heterocycles. The van der Waals surface area contributed by atoms with Crippen LogP contribution in [0.25, 0.3) is 0 Å². The second-order valence-electron chi connectivity index (χ2n) is 5.77. The summed E-state index contributed by atoms with van der Waals surface area (Å²) in [7, 11) is 0. The third-order valence-electron chi connectivity index (χ3n) is 3.67. The molecule has 0 bridgehead atoms. The van der Waals surface area contributed by atoms with Crippen molar-refractivity contribution in [3.8, 4) is 11.5 Å². The molecule has 8 nitrogen and oxygen atoms in total. The van der Waals surface area contributed by atoms with E-state index in [0.717, 1.165) is 12.4 Å². The van der Waals surface area contributed by atoms with Gasteiger partial charge in [0.25, 0.3) is 0 Å². The predicted molar refractivity (Wildman–Crippen MR) is 114 cm³/mol. The quantitative estimate of drug-likeness (QED) is 0.427. The van der Waals surface area contributed by atoms with E-state index in [4.69, 9.17) is 46.4 Å².